The molecule has 0 saturated heterocycles. The van der Waals surface area contributed by atoms with Crippen LogP contribution in [0.1, 0.15) is 5.69 Å². The van der Waals surface area contributed by atoms with Crippen LogP contribution < -0.4 is 16.7 Å². The van der Waals surface area contributed by atoms with E-state index in [0.29, 0.717) is 12.4 Å². The number of aromatic amines is 2. The Kier molecular flexibility index (Phi) is 2.23. The number of hydrogen-bond donors (Lipinski definition) is 4. The molecule has 0 saturated carbocycles. The lowest BCUT2D eigenvalue weighted by atomic mass is 10.5. The van der Waals surface area contributed by atoms with Gasteiger partial charge in [0, 0.05) is 12.3 Å². The molecular weight excluding hydrogens is 202 g/mol. The third-order valence-electron chi connectivity index (χ3n) is 1.63. The largest absolute Gasteiger partial charge is 0.383 e. The Labute approximate surface area is 83.3 Å². The second kappa shape index (κ2) is 3.54. The summed E-state index contributed by atoms with van der Waals surface area (Å²) in [5.74, 6) is 0.500. The number of anilines is 2. The van der Waals surface area contributed by atoms with Gasteiger partial charge in [-0.25, -0.2) is 4.79 Å². The lowest BCUT2D eigenvalue weighted by Crippen LogP contribution is -2.03. The van der Waals surface area contributed by atoms with Gasteiger partial charge in [-0.15, -0.1) is 0 Å². The van der Waals surface area contributed by atoms with Gasteiger partial charge in [0.25, 0.3) is 0 Å². The summed E-state index contributed by atoms with van der Waals surface area (Å²) < 4.78 is 3.91. The monoisotopic (exact) mass is 211 g/mol. The number of aromatic nitrogens is 3. The molecule has 2 aromatic heterocycles. The topological polar surface area (TPSA) is 99.6 Å². The first-order chi connectivity index (χ1) is 6.74. The minimum Gasteiger partial charge on any atom is -0.383 e. The number of H-pyrrole nitrogens is 2. The number of rotatable bonds is 3. The molecule has 0 amide bonds. The minimum atomic E-state index is -0.203. The van der Waals surface area contributed by atoms with E-state index in [1.165, 1.54) is 11.5 Å². The molecule has 0 atom stereocenters. The molecule has 0 aromatic carbocycles. The zero-order valence-electron chi connectivity index (χ0n) is 7.20. The highest BCUT2D eigenvalue weighted by Gasteiger charge is 1.99. The third kappa shape index (κ3) is 1.94. The Morgan fingerprint density at radius 2 is 2.50 bits per heavy atom. The van der Waals surface area contributed by atoms with Crippen LogP contribution in [0.3, 0.4) is 0 Å². The second-order valence-electron chi connectivity index (χ2n) is 2.74. The van der Waals surface area contributed by atoms with E-state index in [1.54, 1.807) is 12.3 Å². The molecule has 0 unspecified atom stereocenters. The average Bonchev–Trinajstić information content (AvgIpc) is 2.72. The van der Waals surface area contributed by atoms with E-state index in [2.05, 4.69) is 19.7 Å². The maximum absolute atomic E-state index is 10.7. The average molecular weight is 211 g/mol. The Balaban J connectivity index is 1.98. The van der Waals surface area contributed by atoms with E-state index in [9.17, 15) is 4.79 Å². The Morgan fingerprint density at radius 3 is 3.07 bits per heavy atom. The summed E-state index contributed by atoms with van der Waals surface area (Å²) in [6.45, 7) is 0.542. The molecule has 0 radical (unpaired) electrons. The van der Waals surface area contributed by atoms with Crippen LogP contribution in [0.5, 0.6) is 0 Å². The number of hydrogen-bond acceptors (Lipinski definition) is 5. The number of nitrogens with two attached hydrogens (primary N) is 1. The molecule has 14 heavy (non-hydrogen) atoms. The summed E-state index contributed by atoms with van der Waals surface area (Å²) in [4.78, 5) is 15.9. The lowest BCUT2D eigenvalue weighted by Gasteiger charge is -1.98. The van der Waals surface area contributed by atoms with Crippen molar-refractivity contribution >= 4 is 22.4 Å². The minimum absolute atomic E-state index is 0.203. The maximum Gasteiger partial charge on any atom is 0.323 e. The van der Waals surface area contributed by atoms with Gasteiger partial charge in [-0.1, -0.05) is 0 Å². The lowest BCUT2D eigenvalue weighted by molar-refractivity contribution is 1.06. The smallest absolute Gasteiger partial charge is 0.323 e. The van der Waals surface area contributed by atoms with E-state index in [0.717, 1.165) is 10.7 Å². The summed E-state index contributed by atoms with van der Waals surface area (Å²) in [7, 11) is 0. The summed E-state index contributed by atoms with van der Waals surface area (Å²) in [5, 5.41) is 3.96. The zero-order valence-corrected chi connectivity index (χ0v) is 8.02. The van der Waals surface area contributed by atoms with Gasteiger partial charge in [0.1, 0.15) is 10.8 Å². The summed E-state index contributed by atoms with van der Waals surface area (Å²) >= 11 is 1.29. The van der Waals surface area contributed by atoms with Gasteiger partial charge < -0.3 is 21.0 Å². The van der Waals surface area contributed by atoms with E-state index in [-0.39, 0.29) is 5.69 Å². The van der Waals surface area contributed by atoms with Crippen LogP contribution in [0.15, 0.2) is 17.1 Å². The Bertz CT molecular complexity index is 470. The summed E-state index contributed by atoms with van der Waals surface area (Å²) in [6.07, 6.45) is 1.62. The maximum atomic E-state index is 10.7. The normalized spacial score (nSPS) is 10.3. The van der Waals surface area contributed by atoms with Crippen LogP contribution in [0.25, 0.3) is 0 Å². The fourth-order valence-corrected chi connectivity index (χ4v) is 1.59. The molecule has 0 bridgehead atoms. The SMILES string of the molecule is Nc1cc(NCc2c[nH]c(=O)[nH]2)sn1. The van der Waals surface area contributed by atoms with Crippen molar-refractivity contribution in [3.63, 3.8) is 0 Å². The van der Waals surface area contributed by atoms with Crippen molar-refractivity contribution < 1.29 is 0 Å². The van der Waals surface area contributed by atoms with Crippen LogP contribution >= 0.6 is 11.5 Å². The standard InChI is InChI=1S/C7H9N5OS/c8-5-1-6(14-12-5)9-2-4-3-10-7(13)11-4/h1,3,9H,2H2,(H2,8,12)(H2,10,11,13). The highest BCUT2D eigenvalue weighted by atomic mass is 32.1. The molecular formula is C7H9N5OS. The quantitative estimate of drug-likeness (QED) is 0.588. The first-order valence-corrected chi connectivity index (χ1v) is 4.74. The number of imidazole rings is 1. The van der Waals surface area contributed by atoms with E-state index in [4.69, 9.17) is 5.73 Å². The molecule has 2 rings (SSSR count). The molecule has 6 nitrogen and oxygen atoms in total. The Morgan fingerprint density at radius 1 is 1.64 bits per heavy atom. The highest BCUT2D eigenvalue weighted by Crippen LogP contribution is 2.17. The molecule has 5 N–H and O–H groups in total. The number of nitrogen functional groups attached to an aromatic ring is 1. The van der Waals surface area contributed by atoms with Crippen LogP contribution in [0.2, 0.25) is 0 Å². The van der Waals surface area contributed by atoms with Gasteiger partial charge in [-0.05, 0) is 11.5 Å². The molecule has 2 aromatic rings. The van der Waals surface area contributed by atoms with Gasteiger partial charge >= 0.3 is 5.69 Å². The van der Waals surface area contributed by atoms with Crippen LogP contribution in [0, 0.1) is 0 Å². The molecule has 0 aliphatic rings. The number of nitrogens with one attached hydrogen (secondary N) is 3. The van der Waals surface area contributed by atoms with Crippen molar-refractivity contribution in [2.24, 2.45) is 0 Å². The van der Waals surface area contributed by atoms with E-state index < -0.39 is 0 Å². The predicted octanol–water partition coefficient (Wildman–Crippen LogP) is 0.354. The van der Waals surface area contributed by atoms with Gasteiger partial charge in [-0.3, -0.25) is 0 Å². The number of nitrogens with zero attached hydrogens (tertiary/aromatic N) is 1. The van der Waals surface area contributed by atoms with Crippen molar-refractivity contribution in [3.05, 3.63) is 28.4 Å². The molecule has 0 spiro atoms. The van der Waals surface area contributed by atoms with Crippen molar-refractivity contribution in [2.75, 3.05) is 11.1 Å². The van der Waals surface area contributed by atoms with E-state index in [1.807, 2.05) is 0 Å². The fraction of sp³-hybridized carbons (Fsp3) is 0.143. The molecule has 7 heteroatoms. The molecule has 0 fully saturated rings. The van der Waals surface area contributed by atoms with Crippen molar-refractivity contribution in [1.29, 1.82) is 0 Å². The molecule has 2 heterocycles. The highest BCUT2D eigenvalue weighted by molar-refractivity contribution is 7.10. The summed E-state index contributed by atoms with van der Waals surface area (Å²) in [6, 6.07) is 1.75. The van der Waals surface area contributed by atoms with Gasteiger partial charge in [0.05, 0.1) is 12.2 Å². The van der Waals surface area contributed by atoms with Gasteiger partial charge in [-0.2, -0.15) is 4.37 Å². The Hall–Kier alpha value is -1.76. The molecule has 0 aliphatic heterocycles. The van der Waals surface area contributed by atoms with Crippen LogP contribution in [-0.2, 0) is 6.54 Å². The van der Waals surface area contributed by atoms with Crippen molar-refractivity contribution in [1.82, 2.24) is 14.3 Å². The second-order valence-corrected chi connectivity index (χ2v) is 3.54. The fourth-order valence-electron chi connectivity index (χ4n) is 1.02. The zero-order chi connectivity index (χ0) is 9.97. The van der Waals surface area contributed by atoms with Crippen molar-refractivity contribution in [2.45, 2.75) is 6.54 Å². The van der Waals surface area contributed by atoms with Gasteiger partial charge in [0.2, 0.25) is 0 Å². The van der Waals surface area contributed by atoms with Crippen LogP contribution in [-0.4, -0.2) is 14.3 Å². The first kappa shape index (κ1) is 8.82. The van der Waals surface area contributed by atoms with E-state index >= 15 is 0 Å². The third-order valence-corrected chi connectivity index (χ3v) is 2.39. The van der Waals surface area contributed by atoms with Gasteiger partial charge in [0.15, 0.2) is 0 Å². The molecule has 0 aliphatic carbocycles. The molecule has 74 valence electrons. The van der Waals surface area contributed by atoms with Crippen LogP contribution in [0.4, 0.5) is 10.8 Å². The predicted molar refractivity (Wildman–Crippen MR) is 55.3 cm³/mol. The first-order valence-electron chi connectivity index (χ1n) is 3.96. The van der Waals surface area contributed by atoms with Crippen molar-refractivity contribution in [3.8, 4) is 0 Å². The summed E-state index contributed by atoms with van der Waals surface area (Å²) in [5.41, 5.74) is 6.04.